The monoisotopic (exact) mass is 361 g/mol. The molecule has 2 heterocycles. The van der Waals surface area contributed by atoms with Gasteiger partial charge < -0.3 is 25.8 Å². The van der Waals surface area contributed by atoms with Gasteiger partial charge in [-0.2, -0.15) is 0 Å². The summed E-state index contributed by atoms with van der Waals surface area (Å²) in [7, 11) is 1.53. The van der Waals surface area contributed by atoms with E-state index in [0.717, 1.165) is 52.2 Å². The number of carbonyl (C=O) groups excluding carboxylic acids is 1. The predicted octanol–water partition coefficient (Wildman–Crippen LogP) is 0.537. The largest absolute Gasteiger partial charge is 0.494 e. The molecule has 4 N–H and O–H groups in total. The minimum Gasteiger partial charge on any atom is -0.494 e. The molecule has 2 fully saturated rings. The summed E-state index contributed by atoms with van der Waals surface area (Å²) in [6.45, 7) is 5.12. The fourth-order valence-electron chi connectivity index (χ4n) is 3.60. The molecule has 1 aromatic carbocycles. The number of rotatable bonds is 4. The lowest BCUT2D eigenvalue weighted by atomic mass is 10.0. The summed E-state index contributed by atoms with van der Waals surface area (Å²) >= 11 is 0. The summed E-state index contributed by atoms with van der Waals surface area (Å²) in [5.41, 5.74) is 11.9. The van der Waals surface area contributed by atoms with E-state index in [1.807, 2.05) is 4.90 Å². The normalized spacial score (nSPS) is 19.2. The number of benzene rings is 1. The van der Waals surface area contributed by atoms with Gasteiger partial charge in [0, 0.05) is 37.8 Å². The molecule has 0 unspecified atom stereocenters. The van der Waals surface area contributed by atoms with Gasteiger partial charge in [-0.1, -0.05) is 0 Å². The highest BCUT2D eigenvalue weighted by atomic mass is 16.5. The van der Waals surface area contributed by atoms with Crippen LogP contribution in [0.5, 0.6) is 5.75 Å². The van der Waals surface area contributed by atoms with Crippen molar-refractivity contribution < 1.29 is 14.3 Å². The summed E-state index contributed by atoms with van der Waals surface area (Å²) in [5.74, 6) is 0.444. The second kappa shape index (κ2) is 8.37. The minimum absolute atomic E-state index is 0.0139. The average Bonchev–Trinajstić information content (AvgIpc) is 2.68. The van der Waals surface area contributed by atoms with E-state index >= 15 is 0 Å². The van der Waals surface area contributed by atoms with Gasteiger partial charge in [-0.15, -0.1) is 0 Å². The molecular formula is C18H27N5O3. The van der Waals surface area contributed by atoms with Gasteiger partial charge in [0.2, 0.25) is 0 Å². The Kier molecular flexibility index (Phi) is 5.95. The fourth-order valence-corrected chi connectivity index (χ4v) is 3.60. The first kappa shape index (κ1) is 18.5. The number of guanidine groups is 1. The molecule has 26 heavy (non-hydrogen) atoms. The van der Waals surface area contributed by atoms with Crippen LogP contribution < -0.4 is 16.2 Å². The van der Waals surface area contributed by atoms with Crippen molar-refractivity contribution in [3.63, 3.8) is 0 Å². The maximum atomic E-state index is 12.8. The van der Waals surface area contributed by atoms with E-state index < -0.39 is 0 Å². The van der Waals surface area contributed by atoms with Crippen molar-refractivity contribution >= 4 is 17.6 Å². The molecule has 1 amide bonds. The number of hydrogen-bond donors (Lipinski definition) is 2. The minimum atomic E-state index is -0.0486. The molecule has 0 aliphatic carbocycles. The molecule has 8 nitrogen and oxygen atoms in total. The second-order valence-electron chi connectivity index (χ2n) is 6.60. The van der Waals surface area contributed by atoms with Crippen LogP contribution in [0, 0.1) is 0 Å². The Labute approximate surface area is 153 Å². The Hall–Kier alpha value is -2.32. The van der Waals surface area contributed by atoms with Crippen molar-refractivity contribution in [2.45, 2.75) is 18.9 Å². The van der Waals surface area contributed by atoms with Crippen LogP contribution in [-0.4, -0.2) is 74.2 Å². The number of hydrogen-bond acceptors (Lipinski definition) is 5. The van der Waals surface area contributed by atoms with E-state index in [1.165, 1.54) is 7.11 Å². The molecule has 3 rings (SSSR count). The van der Waals surface area contributed by atoms with Crippen molar-refractivity contribution in [3.8, 4) is 5.75 Å². The molecule has 2 saturated heterocycles. The summed E-state index contributed by atoms with van der Waals surface area (Å²) in [4.78, 5) is 21.2. The number of morpholine rings is 1. The third kappa shape index (κ3) is 4.25. The maximum Gasteiger partial charge on any atom is 0.253 e. The highest BCUT2D eigenvalue weighted by molar-refractivity contribution is 5.95. The van der Waals surface area contributed by atoms with Gasteiger partial charge in [0.05, 0.1) is 20.3 Å². The van der Waals surface area contributed by atoms with Gasteiger partial charge in [0.25, 0.3) is 5.91 Å². The van der Waals surface area contributed by atoms with Crippen molar-refractivity contribution in [2.24, 2.45) is 16.5 Å². The van der Waals surface area contributed by atoms with Gasteiger partial charge >= 0.3 is 0 Å². The van der Waals surface area contributed by atoms with Gasteiger partial charge in [-0.3, -0.25) is 9.69 Å². The molecule has 142 valence electrons. The topological polar surface area (TPSA) is 106 Å². The second-order valence-corrected chi connectivity index (χ2v) is 6.60. The number of methoxy groups -OCH3 is 1. The summed E-state index contributed by atoms with van der Waals surface area (Å²) in [6, 6.07) is 5.67. The SMILES string of the molecule is COc1cc(C(=O)N2CCC(N3CCOCC3)CC2)ccc1N=C(N)N. The smallest absolute Gasteiger partial charge is 0.253 e. The number of amides is 1. The van der Waals surface area contributed by atoms with Crippen molar-refractivity contribution in [3.05, 3.63) is 23.8 Å². The quantitative estimate of drug-likeness (QED) is 0.599. The molecule has 0 aromatic heterocycles. The molecule has 2 aliphatic heterocycles. The van der Waals surface area contributed by atoms with E-state index in [9.17, 15) is 4.79 Å². The van der Waals surface area contributed by atoms with Gasteiger partial charge in [0.15, 0.2) is 5.96 Å². The summed E-state index contributed by atoms with van der Waals surface area (Å²) < 4.78 is 10.7. The Balaban J connectivity index is 1.64. The van der Waals surface area contributed by atoms with Crippen LogP contribution in [0.2, 0.25) is 0 Å². The van der Waals surface area contributed by atoms with E-state index in [4.69, 9.17) is 20.9 Å². The van der Waals surface area contributed by atoms with Crippen LogP contribution in [0.3, 0.4) is 0 Å². The number of likely N-dealkylation sites (tertiary alicyclic amines) is 1. The van der Waals surface area contributed by atoms with Crippen molar-refractivity contribution in [1.82, 2.24) is 9.80 Å². The first-order chi connectivity index (χ1) is 12.6. The average molecular weight is 361 g/mol. The molecule has 8 heteroatoms. The standard InChI is InChI=1S/C18H27N5O3/c1-25-16-12-13(2-3-15(16)21-18(19)20)17(24)23-6-4-14(5-7-23)22-8-10-26-11-9-22/h2-3,12,14H,4-11H2,1H3,(H4,19,20,21). The lowest BCUT2D eigenvalue weighted by Gasteiger charge is -2.40. The zero-order valence-electron chi connectivity index (χ0n) is 15.2. The Morgan fingerprint density at radius 1 is 1.19 bits per heavy atom. The Morgan fingerprint density at radius 3 is 2.50 bits per heavy atom. The van der Waals surface area contributed by atoms with Crippen LogP contribution in [0.25, 0.3) is 0 Å². The fraction of sp³-hybridized carbons (Fsp3) is 0.556. The Morgan fingerprint density at radius 2 is 1.88 bits per heavy atom. The van der Waals surface area contributed by atoms with Crippen LogP contribution in [-0.2, 0) is 4.74 Å². The highest BCUT2D eigenvalue weighted by Gasteiger charge is 2.28. The number of nitrogens with zero attached hydrogens (tertiary/aromatic N) is 3. The molecular weight excluding hydrogens is 334 g/mol. The number of piperidine rings is 1. The van der Waals surface area contributed by atoms with Gasteiger partial charge in [-0.05, 0) is 31.0 Å². The van der Waals surface area contributed by atoms with Crippen molar-refractivity contribution in [2.75, 3.05) is 46.5 Å². The highest BCUT2D eigenvalue weighted by Crippen LogP contribution is 2.29. The Bertz CT molecular complexity index is 661. The molecule has 1 aromatic rings. The molecule has 2 aliphatic rings. The van der Waals surface area contributed by atoms with Crippen molar-refractivity contribution in [1.29, 1.82) is 0 Å². The van der Waals surface area contributed by atoms with Gasteiger partial charge in [0.1, 0.15) is 11.4 Å². The molecule has 0 radical (unpaired) electrons. The van der Waals surface area contributed by atoms with Crippen LogP contribution >= 0.6 is 0 Å². The lowest BCUT2D eigenvalue weighted by Crippen LogP contribution is -2.50. The van der Waals surface area contributed by atoms with E-state index in [2.05, 4.69) is 9.89 Å². The van der Waals surface area contributed by atoms with E-state index in [0.29, 0.717) is 23.0 Å². The van der Waals surface area contributed by atoms with Crippen LogP contribution in [0.4, 0.5) is 5.69 Å². The third-order valence-electron chi connectivity index (χ3n) is 4.99. The number of aliphatic imine (C=N–C) groups is 1. The lowest BCUT2D eigenvalue weighted by molar-refractivity contribution is 0.00159. The summed E-state index contributed by atoms with van der Waals surface area (Å²) in [5, 5.41) is 0. The van der Waals surface area contributed by atoms with Gasteiger partial charge in [-0.25, -0.2) is 4.99 Å². The first-order valence-corrected chi connectivity index (χ1v) is 8.97. The van der Waals surface area contributed by atoms with E-state index in [1.54, 1.807) is 18.2 Å². The summed E-state index contributed by atoms with van der Waals surface area (Å²) in [6.07, 6.45) is 1.99. The number of carbonyl (C=O) groups is 1. The maximum absolute atomic E-state index is 12.8. The first-order valence-electron chi connectivity index (χ1n) is 8.97. The zero-order valence-corrected chi connectivity index (χ0v) is 15.2. The van der Waals surface area contributed by atoms with Crippen LogP contribution in [0.1, 0.15) is 23.2 Å². The third-order valence-corrected chi connectivity index (χ3v) is 4.99. The predicted molar refractivity (Wildman–Crippen MR) is 99.8 cm³/mol. The van der Waals surface area contributed by atoms with Crippen LogP contribution in [0.15, 0.2) is 23.2 Å². The molecule has 0 bridgehead atoms. The number of nitrogens with two attached hydrogens (primary N) is 2. The zero-order chi connectivity index (χ0) is 18.5. The number of ether oxygens (including phenoxy) is 2. The molecule has 0 saturated carbocycles. The molecule has 0 spiro atoms. The van der Waals surface area contributed by atoms with E-state index in [-0.39, 0.29) is 11.9 Å². The molecule has 0 atom stereocenters.